The highest BCUT2D eigenvalue weighted by Crippen LogP contribution is 2.31. The molecule has 0 bridgehead atoms. The third kappa shape index (κ3) is 5.52. The summed E-state index contributed by atoms with van der Waals surface area (Å²) < 4.78 is 0. The number of aliphatic imine (C=N–C) groups is 1. The highest BCUT2D eigenvalue weighted by atomic mass is 127. The van der Waals surface area contributed by atoms with Crippen LogP contribution in [0.1, 0.15) is 45.4 Å². The van der Waals surface area contributed by atoms with Crippen molar-refractivity contribution in [2.45, 2.75) is 57.0 Å². The number of carbonyl (C=O) groups excluding carboxylic acids is 3. The minimum Gasteiger partial charge on any atom is -0.353 e. The first-order chi connectivity index (χ1) is 13.3. The molecule has 1 aliphatic carbocycles. The maximum absolute atomic E-state index is 12.2. The third-order valence-corrected chi connectivity index (χ3v) is 6.23. The Bertz CT molecular complexity index is 656. The molecule has 3 fully saturated rings. The zero-order chi connectivity index (χ0) is 20.3. The summed E-state index contributed by atoms with van der Waals surface area (Å²) in [6.45, 7) is 3.39. The number of nitrogens with one attached hydrogen (secondary N) is 3. The van der Waals surface area contributed by atoms with Gasteiger partial charge >= 0.3 is 6.03 Å². The second-order valence-electron chi connectivity index (χ2n) is 8.43. The van der Waals surface area contributed by atoms with Crippen molar-refractivity contribution < 1.29 is 14.4 Å². The van der Waals surface area contributed by atoms with E-state index in [-0.39, 0.29) is 48.3 Å². The van der Waals surface area contributed by atoms with Crippen molar-refractivity contribution in [1.82, 2.24) is 25.8 Å². The summed E-state index contributed by atoms with van der Waals surface area (Å²) in [5.41, 5.74) is -0.847. The van der Waals surface area contributed by atoms with Gasteiger partial charge in [-0.3, -0.25) is 14.9 Å². The smallest absolute Gasteiger partial charge is 0.322 e. The van der Waals surface area contributed by atoms with Crippen LogP contribution in [0.5, 0.6) is 0 Å². The van der Waals surface area contributed by atoms with Crippen molar-refractivity contribution in [3.63, 3.8) is 0 Å². The number of imide groups is 1. The number of halogens is 1. The van der Waals surface area contributed by atoms with Gasteiger partial charge in [0, 0.05) is 33.2 Å². The first kappa shape index (κ1) is 23.7. The Morgan fingerprint density at radius 2 is 1.83 bits per heavy atom. The molecular formula is C19H33IN6O3. The SMILES string of the molecule is CN(C)C(=O)CN=C(NC1CCCC1)N1CCC(C2(C)NC(=O)NC2=O)CC1.I. The van der Waals surface area contributed by atoms with Crippen LogP contribution < -0.4 is 16.0 Å². The molecule has 2 saturated heterocycles. The minimum atomic E-state index is -0.847. The lowest BCUT2D eigenvalue weighted by atomic mass is 9.79. The predicted octanol–water partition coefficient (Wildman–Crippen LogP) is 0.891. The molecule has 29 heavy (non-hydrogen) atoms. The lowest BCUT2D eigenvalue weighted by Gasteiger charge is -2.40. The van der Waals surface area contributed by atoms with E-state index in [4.69, 9.17) is 0 Å². The van der Waals surface area contributed by atoms with Crippen LogP contribution in [0.4, 0.5) is 4.79 Å². The number of hydrogen-bond acceptors (Lipinski definition) is 4. The van der Waals surface area contributed by atoms with Crippen molar-refractivity contribution in [3.8, 4) is 0 Å². The molecule has 1 saturated carbocycles. The summed E-state index contributed by atoms with van der Waals surface area (Å²) in [4.78, 5) is 44.1. The first-order valence-corrected chi connectivity index (χ1v) is 10.2. The topological polar surface area (TPSA) is 106 Å². The second kappa shape index (κ2) is 9.94. The molecule has 4 amide bonds. The zero-order valence-electron chi connectivity index (χ0n) is 17.5. The number of likely N-dealkylation sites (N-methyl/N-ethyl adjacent to an activating group) is 1. The fraction of sp³-hybridized carbons (Fsp3) is 0.789. The van der Waals surface area contributed by atoms with Crippen molar-refractivity contribution in [1.29, 1.82) is 0 Å². The van der Waals surface area contributed by atoms with Crippen LogP contribution in [0.2, 0.25) is 0 Å². The van der Waals surface area contributed by atoms with Crippen LogP contribution in [0.15, 0.2) is 4.99 Å². The number of piperidine rings is 1. The zero-order valence-corrected chi connectivity index (χ0v) is 19.8. The summed E-state index contributed by atoms with van der Waals surface area (Å²) in [6, 6.07) is -0.00868. The second-order valence-corrected chi connectivity index (χ2v) is 8.43. The summed E-state index contributed by atoms with van der Waals surface area (Å²) in [5, 5.41) is 8.69. The highest BCUT2D eigenvalue weighted by Gasteiger charge is 2.48. The molecule has 2 aliphatic heterocycles. The van der Waals surface area contributed by atoms with E-state index in [0.717, 1.165) is 44.7 Å². The van der Waals surface area contributed by atoms with Gasteiger partial charge in [-0.2, -0.15) is 0 Å². The molecule has 0 aromatic rings. The molecule has 0 aromatic heterocycles. The number of rotatable bonds is 4. The molecule has 1 atom stereocenters. The number of nitrogens with zero attached hydrogens (tertiary/aromatic N) is 3. The molecule has 0 aromatic carbocycles. The molecule has 10 heteroatoms. The van der Waals surface area contributed by atoms with Gasteiger partial charge < -0.3 is 20.4 Å². The normalized spacial score (nSPS) is 26.0. The van der Waals surface area contributed by atoms with E-state index in [2.05, 4.69) is 25.8 Å². The van der Waals surface area contributed by atoms with E-state index in [9.17, 15) is 14.4 Å². The van der Waals surface area contributed by atoms with Crippen LogP contribution >= 0.6 is 24.0 Å². The van der Waals surface area contributed by atoms with Crippen LogP contribution in [-0.4, -0.2) is 78.9 Å². The molecule has 3 N–H and O–H groups in total. The molecule has 3 rings (SSSR count). The summed E-state index contributed by atoms with van der Waals surface area (Å²) in [7, 11) is 3.46. The Morgan fingerprint density at radius 1 is 1.21 bits per heavy atom. The van der Waals surface area contributed by atoms with Gasteiger partial charge in [-0.05, 0) is 38.5 Å². The van der Waals surface area contributed by atoms with Crippen molar-refractivity contribution in [2.75, 3.05) is 33.7 Å². The van der Waals surface area contributed by atoms with Crippen LogP contribution in [0, 0.1) is 5.92 Å². The van der Waals surface area contributed by atoms with Crippen LogP contribution in [-0.2, 0) is 9.59 Å². The molecule has 164 valence electrons. The largest absolute Gasteiger partial charge is 0.353 e. The van der Waals surface area contributed by atoms with Crippen molar-refractivity contribution >= 4 is 47.8 Å². The number of likely N-dealkylation sites (tertiary alicyclic amines) is 1. The van der Waals surface area contributed by atoms with Gasteiger partial charge in [0.25, 0.3) is 5.91 Å². The number of carbonyl (C=O) groups is 3. The van der Waals surface area contributed by atoms with Crippen LogP contribution in [0.25, 0.3) is 0 Å². The average Bonchev–Trinajstić information content (AvgIpc) is 3.26. The number of urea groups is 1. The fourth-order valence-electron chi connectivity index (χ4n) is 4.29. The van der Waals surface area contributed by atoms with E-state index >= 15 is 0 Å². The summed E-state index contributed by atoms with van der Waals surface area (Å²) in [6.07, 6.45) is 6.24. The van der Waals surface area contributed by atoms with Crippen molar-refractivity contribution in [2.24, 2.45) is 10.9 Å². The third-order valence-electron chi connectivity index (χ3n) is 6.23. The summed E-state index contributed by atoms with van der Waals surface area (Å²) >= 11 is 0. The van der Waals surface area contributed by atoms with Gasteiger partial charge in [0.1, 0.15) is 12.1 Å². The Balaban J connectivity index is 0.00000300. The van der Waals surface area contributed by atoms with E-state index in [1.807, 2.05) is 0 Å². The van der Waals surface area contributed by atoms with Gasteiger partial charge in [0.15, 0.2) is 5.96 Å². The number of amides is 4. The predicted molar refractivity (Wildman–Crippen MR) is 121 cm³/mol. The lowest BCUT2D eigenvalue weighted by molar-refractivity contribution is -0.127. The standard InChI is InChI=1S/C19H32N6O3.HI/c1-19(16(27)22-18(28)23-19)13-8-10-25(11-9-13)17(20-12-15(26)24(2)3)21-14-6-4-5-7-14;/h13-14H,4-12H2,1-3H3,(H,20,21)(H2,22,23,27,28);1H. The van der Waals surface area contributed by atoms with Crippen molar-refractivity contribution in [3.05, 3.63) is 0 Å². The molecule has 0 spiro atoms. The molecular weight excluding hydrogens is 487 g/mol. The number of guanidine groups is 1. The van der Waals surface area contributed by atoms with Gasteiger partial charge in [0.05, 0.1) is 0 Å². The molecule has 0 radical (unpaired) electrons. The monoisotopic (exact) mass is 520 g/mol. The van der Waals surface area contributed by atoms with E-state index in [1.54, 1.807) is 25.9 Å². The molecule has 3 aliphatic rings. The number of hydrogen-bond donors (Lipinski definition) is 3. The Hall–Kier alpha value is -1.59. The van der Waals surface area contributed by atoms with Crippen LogP contribution in [0.3, 0.4) is 0 Å². The maximum atomic E-state index is 12.2. The Labute approximate surface area is 189 Å². The van der Waals surface area contributed by atoms with E-state index < -0.39 is 11.6 Å². The quantitative estimate of drug-likeness (QED) is 0.221. The Kier molecular flexibility index (Phi) is 8.12. The van der Waals surface area contributed by atoms with Gasteiger partial charge in [-0.25, -0.2) is 9.79 Å². The molecule has 2 heterocycles. The van der Waals surface area contributed by atoms with Gasteiger partial charge in [-0.1, -0.05) is 12.8 Å². The fourth-order valence-corrected chi connectivity index (χ4v) is 4.29. The van der Waals surface area contributed by atoms with Gasteiger partial charge in [-0.15, -0.1) is 24.0 Å². The lowest BCUT2D eigenvalue weighted by Crippen LogP contribution is -2.56. The van der Waals surface area contributed by atoms with E-state index in [1.165, 1.54) is 12.8 Å². The maximum Gasteiger partial charge on any atom is 0.322 e. The first-order valence-electron chi connectivity index (χ1n) is 10.2. The van der Waals surface area contributed by atoms with Gasteiger partial charge in [0.2, 0.25) is 5.91 Å². The molecule has 1 unspecified atom stereocenters. The summed E-state index contributed by atoms with van der Waals surface area (Å²) in [5.74, 6) is 0.584. The highest BCUT2D eigenvalue weighted by molar-refractivity contribution is 14.0. The Morgan fingerprint density at radius 3 is 2.34 bits per heavy atom. The van der Waals surface area contributed by atoms with E-state index in [0.29, 0.717) is 6.04 Å². The minimum absolute atomic E-state index is 0. The average molecular weight is 520 g/mol. The molecule has 9 nitrogen and oxygen atoms in total.